The van der Waals surface area contributed by atoms with Crippen LogP contribution >= 0.6 is 15.6 Å². The van der Waals surface area contributed by atoms with E-state index in [0.717, 1.165) is 121 Å². The van der Waals surface area contributed by atoms with E-state index >= 15 is 0 Å². The molecule has 104 heavy (non-hydrogen) atoms. The summed E-state index contributed by atoms with van der Waals surface area (Å²) in [4.78, 5) is 73.2. The van der Waals surface area contributed by atoms with Crippen molar-refractivity contribution in [3.8, 4) is 0 Å². The molecule has 0 bridgehead atoms. The summed E-state index contributed by atoms with van der Waals surface area (Å²) < 4.78 is 68.8. The second kappa shape index (κ2) is 75.9. The largest absolute Gasteiger partial charge is 0.472 e. The Morgan fingerprint density at radius 1 is 0.308 bits per heavy atom. The topological polar surface area (TPSA) is 237 Å². The maximum absolute atomic E-state index is 13.1. The molecule has 0 aromatic heterocycles. The van der Waals surface area contributed by atoms with Gasteiger partial charge in [-0.3, -0.25) is 37.3 Å². The van der Waals surface area contributed by atoms with E-state index in [1.807, 2.05) is 0 Å². The zero-order valence-corrected chi connectivity index (χ0v) is 69.6. The highest BCUT2D eigenvalue weighted by Gasteiger charge is 2.30. The lowest BCUT2D eigenvalue weighted by Crippen LogP contribution is -2.30. The summed E-state index contributed by atoms with van der Waals surface area (Å²) in [6.07, 6.45) is 70.1. The number of phosphoric ester groups is 2. The van der Waals surface area contributed by atoms with Crippen LogP contribution in [-0.4, -0.2) is 96.7 Å². The van der Waals surface area contributed by atoms with Crippen LogP contribution in [0.3, 0.4) is 0 Å². The average molecular weight is 1520 g/mol. The number of phosphoric acid groups is 2. The summed E-state index contributed by atoms with van der Waals surface area (Å²) in [5, 5.41) is 10.7. The van der Waals surface area contributed by atoms with Crippen molar-refractivity contribution in [3.05, 3.63) is 24.3 Å². The molecule has 0 saturated carbocycles. The fourth-order valence-corrected chi connectivity index (χ4v) is 14.2. The maximum Gasteiger partial charge on any atom is 0.472 e. The van der Waals surface area contributed by atoms with Crippen LogP contribution in [0, 0.1) is 11.8 Å². The number of allylic oxidation sites excluding steroid dienone is 4. The Labute approximate surface area is 637 Å². The first-order valence-corrected chi connectivity index (χ1v) is 46.4. The van der Waals surface area contributed by atoms with Gasteiger partial charge in [0.1, 0.15) is 19.3 Å². The molecular weight excluding hydrogens is 1350 g/mol. The van der Waals surface area contributed by atoms with E-state index in [-0.39, 0.29) is 25.7 Å². The maximum atomic E-state index is 13.1. The van der Waals surface area contributed by atoms with Crippen molar-refractivity contribution in [1.29, 1.82) is 0 Å². The summed E-state index contributed by atoms with van der Waals surface area (Å²) >= 11 is 0. The molecular formula is C85H162O17P2. The monoisotopic (exact) mass is 1520 g/mol. The van der Waals surface area contributed by atoms with Crippen LogP contribution in [0.15, 0.2) is 24.3 Å². The molecule has 19 heteroatoms. The number of esters is 4. The first kappa shape index (κ1) is 102. The lowest BCUT2D eigenvalue weighted by atomic mass is 9.99. The fourth-order valence-electron chi connectivity index (χ4n) is 12.6. The first-order chi connectivity index (χ1) is 50.4. The molecule has 614 valence electrons. The van der Waals surface area contributed by atoms with Crippen molar-refractivity contribution in [2.75, 3.05) is 39.6 Å². The Hall–Kier alpha value is -2.46. The van der Waals surface area contributed by atoms with Crippen LogP contribution in [0.2, 0.25) is 0 Å². The Morgan fingerprint density at radius 3 is 0.817 bits per heavy atom. The van der Waals surface area contributed by atoms with Gasteiger partial charge in [-0.15, -0.1) is 0 Å². The molecule has 4 unspecified atom stereocenters. The molecule has 3 N–H and O–H groups in total. The first-order valence-electron chi connectivity index (χ1n) is 43.4. The number of hydrogen-bond acceptors (Lipinski definition) is 15. The molecule has 0 aliphatic carbocycles. The van der Waals surface area contributed by atoms with Crippen molar-refractivity contribution >= 4 is 39.5 Å². The lowest BCUT2D eigenvalue weighted by molar-refractivity contribution is -0.161. The number of carbonyl (C=O) groups is 4. The highest BCUT2D eigenvalue weighted by Crippen LogP contribution is 2.45. The smallest absolute Gasteiger partial charge is 0.462 e. The van der Waals surface area contributed by atoms with Gasteiger partial charge in [0.25, 0.3) is 0 Å². The van der Waals surface area contributed by atoms with Crippen molar-refractivity contribution < 1.29 is 80.2 Å². The SMILES string of the molecule is CCCCCC/C=C\C=C/CCCCCCCC(=O)OC[C@H](COP(=O)(O)OC[C@@H](O)COP(=O)(O)OC[C@@H](COC(=O)CCCCCCCCCCC(C)CC)OC(=O)CCCCCCCCCCCCCCCCC)OC(=O)CCCCCCCCCCCCCCCCCCCCC(C)CC. The molecule has 0 radical (unpaired) electrons. The summed E-state index contributed by atoms with van der Waals surface area (Å²) in [7, 11) is -9.94. The van der Waals surface area contributed by atoms with Crippen LogP contribution in [0.1, 0.15) is 427 Å². The quantitative estimate of drug-likeness (QED) is 0.0169. The van der Waals surface area contributed by atoms with Gasteiger partial charge >= 0.3 is 39.5 Å². The Balaban J connectivity index is 5.27. The predicted molar refractivity (Wildman–Crippen MR) is 427 cm³/mol. The highest BCUT2D eigenvalue weighted by molar-refractivity contribution is 7.47. The third kappa shape index (κ3) is 75.0. The van der Waals surface area contributed by atoms with Crippen LogP contribution in [0.25, 0.3) is 0 Å². The molecule has 0 saturated heterocycles. The number of rotatable bonds is 82. The Kier molecular flexibility index (Phi) is 74.1. The number of ether oxygens (including phenoxy) is 4. The van der Waals surface area contributed by atoms with Gasteiger partial charge < -0.3 is 33.8 Å². The average Bonchev–Trinajstić information content (AvgIpc) is 0.901. The second-order valence-corrected chi connectivity index (χ2v) is 33.3. The summed E-state index contributed by atoms with van der Waals surface area (Å²) in [5.41, 5.74) is 0. The second-order valence-electron chi connectivity index (χ2n) is 30.4. The third-order valence-corrected chi connectivity index (χ3v) is 22.0. The fraction of sp³-hybridized carbons (Fsp3) is 0.906. The number of unbranched alkanes of at least 4 members (excludes halogenated alkanes) is 47. The van der Waals surface area contributed by atoms with Gasteiger partial charge in [0, 0.05) is 25.7 Å². The molecule has 0 aliphatic heterocycles. The standard InChI is InChI=1S/C85H162O17P2/c1-7-11-13-15-17-19-21-23-29-34-38-42-49-55-61-67-82(87)95-73-80(101-84(89)70-64-58-52-44-40-36-32-28-26-25-27-31-33-37-41-47-53-59-65-77(5)9-3)75-99-103(91,92)97-71-79(86)72-98-104(93,94)100-76-81(74-96-83(88)68-62-56-50-46-45-48-54-60-66-78(6)10-4)102-85(90)69-63-57-51-43-39-35-30-24-22-20-18-16-14-12-8-2/h19,21,23,29,77-81,86H,7-18,20,22,24-28,30-76H2,1-6H3,(H,91,92)(H,93,94)/b21-19-,29-23-/t77?,78?,79-,80-,81-/m1/s1. The van der Waals surface area contributed by atoms with Gasteiger partial charge in [-0.2, -0.15) is 0 Å². The van der Waals surface area contributed by atoms with Gasteiger partial charge in [-0.1, -0.05) is 374 Å². The van der Waals surface area contributed by atoms with Gasteiger partial charge in [0.15, 0.2) is 12.2 Å². The number of aliphatic hydroxyl groups excluding tert-OH is 1. The van der Waals surface area contributed by atoms with E-state index in [1.165, 1.54) is 225 Å². The van der Waals surface area contributed by atoms with Gasteiger partial charge in [0.2, 0.25) is 0 Å². The minimum absolute atomic E-state index is 0.102. The molecule has 0 rings (SSSR count). The Morgan fingerprint density at radius 2 is 0.538 bits per heavy atom. The molecule has 0 aliphatic rings. The summed E-state index contributed by atoms with van der Waals surface area (Å²) in [6, 6.07) is 0. The molecule has 0 amide bonds. The van der Waals surface area contributed by atoms with Crippen molar-refractivity contribution in [3.63, 3.8) is 0 Å². The van der Waals surface area contributed by atoms with E-state index in [9.17, 15) is 43.2 Å². The summed E-state index contributed by atoms with van der Waals surface area (Å²) in [6.45, 7) is 9.66. The normalized spacial score (nSPS) is 14.5. The number of carbonyl (C=O) groups excluding carboxylic acids is 4. The number of hydrogen-bond donors (Lipinski definition) is 3. The molecule has 17 nitrogen and oxygen atoms in total. The van der Waals surface area contributed by atoms with E-state index in [0.29, 0.717) is 25.7 Å². The van der Waals surface area contributed by atoms with Gasteiger partial charge in [-0.05, 0) is 63.2 Å². The highest BCUT2D eigenvalue weighted by atomic mass is 31.2. The molecule has 0 fully saturated rings. The minimum Gasteiger partial charge on any atom is -0.462 e. The van der Waals surface area contributed by atoms with Gasteiger partial charge in [-0.25, -0.2) is 9.13 Å². The zero-order chi connectivity index (χ0) is 76.4. The summed E-state index contributed by atoms with van der Waals surface area (Å²) in [5.74, 6) is -0.488. The van der Waals surface area contributed by atoms with Crippen molar-refractivity contribution in [1.82, 2.24) is 0 Å². The molecule has 0 aromatic rings. The van der Waals surface area contributed by atoms with E-state index in [2.05, 4.69) is 65.8 Å². The van der Waals surface area contributed by atoms with Crippen LogP contribution in [0.4, 0.5) is 0 Å². The van der Waals surface area contributed by atoms with E-state index < -0.39 is 97.5 Å². The van der Waals surface area contributed by atoms with Crippen LogP contribution in [-0.2, 0) is 65.4 Å². The lowest BCUT2D eigenvalue weighted by Gasteiger charge is -2.21. The minimum atomic E-state index is -4.97. The Bertz CT molecular complexity index is 2090. The zero-order valence-electron chi connectivity index (χ0n) is 67.8. The predicted octanol–water partition coefficient (Wildman–Crippen LogP) is 25.4. The molecule has 0 heterocycles. The van der Waals surface area contributed by atoms with E-state index in [1.54, 1.807) is 0 Å². The van der Waals surface area contributed by atoms with Crippen molar-refractivity contribution in [2.24, 2.45) is 11.8 Å². The molecule has 0 spiro atoms. The third-order valence-electron chi connectivity index (χ3n) is 20.1. The number of aliphatic hydroxyl groups is 1. The van der Waals surface area contributed by atoms with Crippen molar-refractivity contribution in [2.45, 2.75) is 445 Å². The molecule has 0 aromatic carbocycles. The van der Waals surface area contributed by atoms with Crippen LogP contribution < -0.4 is 0 Å². The van der Waals surface area contributed by atoms with Gasteiger partial charge in [0.05, 0.1) is 26.4 Å². The van der Waals surface area contributed by atoms with Crippen LogP contribution in [0.5, 0.6) is 0 Å². The molecule has 7 atom stereocenters. The van der Waals surface area contributed by atoms with E-state index in [4.69, 9.17) is 37.0 Å².